The second-order valence-electron chi connectivity index (χ2n) is 5.52. The number of benzene rings is 1. The Bertz CT molecular complexity index is 594. The van der Waals surface area contributed by atoms with E-state index in [-0.39, 0.29) is 18.8 Å². The fraction of sp³-hybridized carbons (Fsp3) is 0.571. The third-order valence-corrected chi connectivity index (χ3v) is 4.80. The summed E-state index contributed by atoms with van der Waals surface area (Å²) in [6, 6.07) is 2.23. The van der Waals surface area contributed by atoms with Gasteiger partial charge in [-0.2, -0.15) is 0 Å². The molecule has 0 amide bonds. The van der Waals surface area contributed by atoms with Crippen LogP contribution in [-0.4, -0.2) is 51.7 Å². The summed E-state index contributed by atoms with van der Waals surface area (Å²) in [6.07, 6.45) is 0.190. The van der Waals surface area contributed by atoms with Crippen LogP contribution in [0.5, 0.6) is 0 Å². The molecule has 0 radical (unpaired) electrons. The molecule has 1 aromatic rings. The third kappa shape index (κ3) is 4.70. The van der Waals surface area contributed by atoms with Gasteiger partial charge in [0.25, 0.3) is 0 Å². The topological polar surface area (TPSA) is 58.6 Å². The molecule has 1 heterocycles. The fourth-order valence-electron chi connectivity index (χ4n) is 2.57. The van der Waals surface area contributed by atoms with E-state index in [1.165, 1.54) is 0 Å². The fourth-order valence-corrected chi connectivity index (χ4v) is 3.63. The lowest BCUT2D eigenvalue weighted by molar-refractivity contribution is -0.0671. The molecule has 1 aliphatic rings. The summed E-state index contributed by atoms with van der Waals surface area (Å²) in [6.45, 7) is 6.04. The molecule has 22 heavy (non-hydrogen) atoms. The highest BCUT2D eigenvalue weighted by Crippen LogP contribution is 2.14. The van der Waals surface area contributed by atoms with Gasteiger partial charge in [-0.05, 0) is 26.0 Å². The number of hydrogen-bond donors (Lipinski definition) is 1. The van der Waals surface area contributed by atoms with E-state index in [0.29, 0.717) is 12.6 Å². The zero-order valence-corrected chi connectivity index (χ0v) is 13.4. The van der Waals surface area contributed by atoms with Gasteiger partial charge in [0, 0.05) is 32.2 Å². The maximum absolute atomic E-state index is 13.1. The molecule has 8 heteroatoms. The number of rotatable bonds is 5. The molecule has 0 saturated carbocycles. The minimum absolute atomic E-state index is 0.0951. The number of sulfonamides is 1. The molecule has 0 aliphatic carbocycles. The highest BCUT2D eigenvalue weighted by molar-refractivity contribution is 7.89. The van der Waals surface area contributed by atoms with Crippen LogP contribution in [0.15, 0.2) is 23.1 Å². The first-order valence-electron chi connectivity index (χ1n) is 7.10. The van der Waals surface area contributed by atoms with Crippen molar-refractivity contribution in [3.8, 4) is 0 Å². The average Bonchev–Trinajstić information content (AvgIpc) is 2.36. The normalized spacial score (nSPS) is 23.6. The van der Waals surface area contributed by atoms with E-state index in [1.807, 2.05) is 13.8 Å². The lowest BCUT2D eigenvalue weighted by Crippen LogP contribution is -2.47. The van der Waals surface area contributed by atoms with Crippen molar-refractivity contribution in [3.63, 3.8) is 0 Å². The summed E-state index contributed by atoms with van der Waals surface area (Å²) in [5.41, 5.74) is 0. The summed E-state index contributed by atoms with van der Waals surface area (Å²) < 4.78 is 58.2. The number of nitrogens with zero attached hydrogens (tertiary/aromatic N) is 1. The molecule has 0 spiro atoms. The molecule has 1 N–H and O–H groups in total. The first-order valence-corrected chi connectivity index (χ1v) is 8.58. The first kappa shape index (κ1) is 17.3. The maximum atomic E-state index is 13.1. The maximum Gasteiger partial charge on any atom is 0.240 e. The van der Waals surface area contributed by atoms with E-state index in [1.54, 1.807) is 0 Å². The smallest absolute Gasteiger partial charge is 0.240 e. The van der Waals surface area contributed by atoms with E-state index in [9.17, 15) is 17.2 Å². The molecule has 2 atom stereocenters. The van der Waals surface area contributed by atoms with Gasteiger partial charge in [-0.3, -0.25) is 4.90 Å². The van der Waals surface area contributed by atoms with Gasteiger partial charge in [-0.1, -0.05) is 0 Å². The van der Waals surface area contributed by atoms with Crippen molar-refractivity contribution < 1.29 is 21.9 Å². The van der Waals surface area contributed by atoms with Gasteiger partial charge in [0.15, 0.2) is 0 Å². The number of nitrogens with one attached hydrogen (secondary N) is 1. The van der Waals surface area contributed by atoms with Crippen LogP contribution in [0.2, 0.25) is 0 Å². The lowest BCUT2D eigenvalue weighted by atomic mass is 10.2. The molecule has 5 nitrogen and oxygen atoms in total. The van der Waals surface area contributed by atoms with E-state index < -0.39 is 26.6 Å². The minimum Gasteiger partial charge on any atom is -0.373 e. The molecule has 0 aromatic heterocycles. The van der Waals surface area contributed by atoms with Crippen molar-refractivity contribution >= 4 is 10.0 Å². The summed E-state index contributed by atoms with van der Waals surface area (Å²) >= 11 is 0. The van der Waals surface area contributed by atoms with Crippen molar-refractivity contribution in [2.75, 3.05) is 26.2 Å². The molecular formula is C14H20F2N2O3S. The predicted octanol–water partition coefficient (Wildman–Crippen LogP) is 1.35. The van der Waals surface area contributed by atoms with Crippen molar-refractivity contribution in [2.45, 2.75) is 31.0 Å². The van der Waals surface area contributed by atoms with Crippen LogP contribution >= 0.6 is 0 Å². The second-order valence-corrected chi connectivity index (χ2v) is 7.29. The Balaban J connectivity index is 1.92. The SMILES string of the molecule is C[C@@H]1CN(CCNS(=O)(=O)c2cc(F)cc(F)c2)C[C@H](C)O1. The van der Waals surface area contributed by atoms with E-state index in [2.05, 4.69) is 9.62 Å². The van der Waals surface area contributed by atoms with Crippen molar-refractivity contribution in [1.29, 1.82) is 0 Å². The number of hydrogen-bond acceptors (Lipinski definition) is 4. The van der Waals surface area contributed by atoms with Crippen LogP contribution in [-0.2, 0) is 14.8 Å². The molecule has 1 aromatic carbocycles. The highest BCUT2D eigenvalue weighted by atomic mass is 32.2. The Kier molecular flexibility index (Phi) is 5.49. The minimum atomic E-state index is -3.92. The van der Waals surface area contributed by atoms with Gasteiger partial charge in [-0.15, -0.1) is 0 Å². The zero-order chi connectivity index (χ0) is 16.3. The summed E-state index contributed by atoms with van der Waals surface area (Å²) in [5, 5.41) is 0. The Hall–Kier alpha value is -1.09. The van der Waals surface area contributed by atoms with Gasteiger partial charge in [0.2, 0.25) is 10.0 Å². The summed E-state index contributed by atoms with van der Waals surface area (Å²) in [5.74, 6) is -1.84. The molecule has 0 unspecified atom stereocenters. The van der Waals surface area contributed by atoms with E-state index >= 15 is 0 Å². The zero-order valence-electron chi connectivity index (χ0n) is 12.6. The molecule has 0 bridgehead atoms. The quantitative estimate of drug-likeness (QED) is 0.883. The van der Waals surface area contributed by atoms with Crippen LogP contribution in [0.4, 0.5) is 8.78 Å². The molecule has 124 valence electrons. The molecule has 1 saturated heterocycles. The van der Waals surface area contributed by atoms with Crippen LogP contribution in [0, 0.1) is 11.6 Å². The Morgan fingerprint density at radius 3 is 2.27 bits per heavy atom. The average molecular weight is 334 g/mol. The highest BCUT2D eigenvalue weighted by Gasteiger charge is 2.22. The molecule has 1 aliphatic heterocycles. The predicted molar refractivity (Wildman–Crippen MR) is 78.0 cm³/mol. The van der Waals surface area contributed by atoms with Gasteiger partial charge < -0.3 is 4.74 Å². The van der Waals surface area contributed by atoms with Crippen LogP contribution < -0.4 is 4.72 Å². The van der Waals surface area contributed by atoms with Gasteiger partial charge in [0.1, 0.15) is 11.6 Å². The van der Waals surface area contributed by atoms with Crippen LogP contribution in [0.1, 0.15) is 13.8 Å². The summed E-state index contributed by atoms with van der Waals surface area (Å²) in [4.78, 5) is 1.68. The van der Waals surface area contributed by atoms with Crippen molar-refractivity contribution in [2.24, 2.45) is 0 Å². The standard InChI is InChI=1S/C14H20F2N2O3S/c1-10-8-18(9-11(2)21-10)4-3-17-22(19,20)14-6-12(15)5-13(16)7-14/h5-7,10-11,17H,3-4,8-9H2,1-2H3/t10-,11+. The monoisotopic (exact) mass is 334 g/mol. The Morgan fingerprint density at radius 2 is 1.73 bits per heavy atom. The van der Waals surface area contributed by atoms with Crippen LogP contribution in [0.25, 0.3) is 0 Å². The largest absolute Gasteiger partial charge is 0.373 e. The first-order chi connectivity index (χ1) is 10.3. The molecule has 1 fully saturated rings. The van der Waals surface area contributed by atoms with Crippen molar-refractivity contribution in [3.05, 3.63) is 29.8 Å². The number of morpholine rings is 1. The lowest BCUT2D eigenvalue weighted by Gasteiger charge is -2.35. The Morgan fingerprint density at radius 1 is 1.18 bits per heavy atom. The second kappa shape index (κ2) is 6.99. The number of halogens is 2. The van der Waals surface area contributed by atoms with Gasteiger partial charge >= 0.3 is 0 Å². The molecule has 2 rings (SSSR count). The Labute approximate surface area is 129 Å². The molecular weight excluding hydrogens is 314 g/mol. The number of ether oxygens (including phenoxy) is 1. The van der Waals surface area contributed by atoms with E-state index in [0.717, 1.165) is 25.2 Å². The van der Waals surface area contributed by atoms with E-state index in [4.69, 9.17) is 4.74 Å². The van der Waals surface area contributed by atoms with Gasteiger partial charge in [-0.25, -0.2) is 21.9 Å². The van der Waals surface area contributed by atoms with Crippen LogP contribution in [0.3, 0.4) is 0 Å². The third-order valence-electron chi connectivity index (χ3n) is 3.36. The summed E-state index contributed by atoms with van der Waals surface area (Å²) in [7, 11) is -3.92. The van der Waals surface area contributed by atoms with Crippen molar-refractivity contribution in [1.82, 2.24) is 9.62 Å². The van der Waals surface area contributed by atoms with Gasteiger partial charge in [0.05, 0.1) is 17.1 Å².